The van der Waals surface area contributed by atoms with Gasteiger partial charge in [0.05, 0.1) is 28.6 Å². The Kier molecular flexibility index (Phi) is 3.23. The number of aryl methyl sites for hydroxylation is 1. The van der Waals surface area contributed by atoms with Crippen LogP contribution in [0, 0.1) is 22.9 Å². The number of hydrogen-bond donors (Lipinski definition) is 1. The molecule has 0 unspecified atom stereocenters. The summed E-state index contributed by atoms with van der Waals surface area (Å²) < 4.78 is 14.3. The van der Waals surface area contributed by atoms with Crippen molar-refractivity contribution in [3.63, 3.8) is 0 Å². The van der Waals surface area contributed by atoms with Crippen LogP contribution in [0.5, 0.6) is 0 Å². The summed E-state index contributed by atoms with van der Waals surface area (Å²) in [5.74, 6) is -0.436. The third-order valence-electron chi connectivity index (χ3n) is 2.34. The van der Waals surface area contributed by atoms with Gasteiger partial charge < -0.3 is 5.73 Å². The second-order valence-electron chi connectivity index (χ2n) is 3.79. The lowest BCUT2D eigenvalue weighted by Gasteiger charge is -1.98. The minimum absolute atomic E-state index is 0.0516. The number of aromatic nitrogens is 2. The highest BCUT2D eigenvalue weighted by Gasteiger charge is 2.12. The van der Waals surface area contributed by atoms with E-state index in [1.165, 1.54) is 10.9 Å². The van der Waals surface area contributed by atoms with Gasteiger partial charge in [-0.05, 0) is 19.1 Å². The summed E-state index contributed by atoms with van der Waals surface area (Å²) in [7, 11) is 0. The lowest BCUT2D eigenvalue weighted by molar-refractivity contribution is -0.385. The molecule has 0 bridgehead atoms. The molecular formula is C11H10FN5O2. The first-order valence-electron chi connectivity index (χ1n) is 5.27. The predicted octanol–water partition coefficient (Wildman–Crippen LogP) is 1.70. The van der Waals surface area contributed by atoms with Gasteiger partial charge in [-0.2, -0.15) is 5.10 Å². The van der Waals surface area contributed by atoms with E-state index in [1.807, 2.05) is 0 Å². The van der Waals surface area contributed by atoms with E-state index in [1.54, 1.807) is 13.1 Å². The number of benzene rings is 1. The molecule has 2 aromatic rings. The molecular weight excluding hydrogens is 253 g/mol. The lowest BCUT2D eigenvalue weighted by Crippen LogP contribution is -1.99. The monoisotopic (exact) mass is 263 g/mol. The van der Waals surface area contributed by atoms with E-state index in [0.717, 1.165) is 18.2 Å². The summed E-state index contributed by atoms with van der Waals surface area (Å²) in [5.41, 5.74) is 6.04. The van der Waals surface area contributed by atoms with Gasteiger partial charge in [0.2, 0.25) is 5.95 Å². The fourth-order valence-corrected chi connectivity index (χ4v) is 1.52. The van der Waals surface area contributed by atoms with Gasteiger partial charge in [0.1, 0.15) is 5.82 Å². The average molecular weight is 263 g/mol. The number of nitro groups is 1. The van der Waals surface area contributed by atoms with E-state index in [4.69, 9.17) is 5.73 Å². The number of rotatable bonds is 3. The van der Waals surface area contributed by atoms with Crippen molar-refractivity contribution in [1.82, 2.24) is 9.66 Å². The Hall–Kier alpha value is -2.77. The highest BCUT2D eigenvalue weighted by Crippen LogP contribution is 2.17. The molecule has 0 saturated heterocycles. The molecule has 2 rings (SSSR count). The van der Waals surface area contributed by atoms with E-state index >= 15 is 0 Å². The third-order valence-corrected chi connectivity index (χ3v) is 2.34. The highest BCUT2D eigenvalue weighted by atomic mass is 19.1. The van der Waals surface area contributed by atoms with Crippen molar-refractivity contribution in [2.75, 3.05) is 5.73 Å². The molecule has 1 heterocycles. The van der Waals surface area contributed by atoms with Gasteiger partial charge >= 0.3 is 0 Å². The van der Waals surface area contributed by atoms with E-state index < -0.39 is 10.7 Å². The zero-order valence-electron chi connectivity index (χ0n) is 9.95. The Morgan fingerprint density at radius 3 is 2.89 bits per heavy atom. The molecule has 0 saturated carbocycles. The maximum atomic E-state index is 13.1. The number of halogens is 1. The van der Waals surface area contributed by atoms with Crippen LogP contribution in [0.1, 0.15) is 11.3 Å². The summed E-state index contributed by atoms with van der Waals surface area (Å²) >= 11 is 0. The quantitative estimate of drug-likeness (QED) is 0.517. The van der Waals surface area contributed by atoms with Gasteiger partial charge in [-0.25, -0.2) is 14.1 Å². The van der Waals surface area contributed by atoms with Crippen molar-refractivity contribution < 1.29 is 9.31 Å². The van der Waals surface area contributed by atoms with Crippen molar-refractivity contribution in [2.24, 2.45) is 5.10 Å². The maximum absolute atomic E-state index is 13.1. The number of nitrogens with zero attached hydrogens (tertiary/aromatic N) is 4. The molecule has 98 valence electrons. The van der Waals surface area contributed by atoms with Crippen LogP contribution in [-0.4, -0.2) is 20.8 Å². The van der Waals surface area contributed by atoms with Crippen molar-refractivity contribution in [3.8, 4) is 0 Å². The number of nitrogen functional groups attached to an aromatic ring is 1. The van der Waals surface area contributed by atoms with Crippen LogP contribution in [0.15, 0.2) is 29.5 Å². The van der Waals surface area contributed by atoms with Crippen LogP contribution in [0.4, 0.5) is 16.0 Å². The van der Waals surface area contributed by atoms with Gasteiger partial charge in [0, 0.05) is 6.07 Å². The SMILES string of the molecule is Cc1cn(N=Cc2cc(F)ccc2[N+](=O)[O-])c(N)n1. The molecule has 0 aliphatic carbocycles. The highest BCUT2D eigenvalue weighted by molar-refractivity contribution is 5.85. The summed E-state index contributed by atoms with van der Waals surface area (Å²) in [5, 5.41) is 14.7. The van der Waals surface area contributed by atoms with Crippen molar-refractivity contribution >= 4 is 17.9 Å². The maximum Gasteiger partial charge on any atom is 0.278 e. The van der Waals surface area contributed by atoms with Crippen LogP contribution >= 0.6 is 0 Å². The zero-order chi connectivity index (χ0) is 14.0. The van der Waals surface area contributed by atoms with Gasteiger partial charge in [0.15, 0.2) is 0 Å². The van der Waals surface area contributed by atoms with Crippen molar-refractivity contribution in [1.29, 1.82) is 0 Å². The van der Waals surface area contributed by atoms with Crippen LogP contribution in [0.3, 0.4) is 0 Å². The largest absolute Gasteiger partial charge is 0.368 e. The standard InChI is InChI=1S/C11H10FN5O2/c1-7-6-16(11(13)15-7)14-5-8-4-9(12)2-3-10(8)17(18)19/h2-6H,1H3,(H2,13,15). The minimum Gasteiger partial charge on any atom is -0.368 e. The molecule has 7 nitrogen and oxygen atoms in total. The molecule has 2 N–H and O–H groups in total. The van der Waals surface area contributed by atoms with Crippen LogP contribution in [0.2, 0.25) is 0 Å². The average Bonchev–Trinajstić information content (AvgIpc) is 2.65. The molecule has 0 atom stereocenters. The van der Waals surface area contributed by atoms with Crippen molar-refractivity contribution in [2.45, 2.75) is 6.92 Å². The molecule has 0 aliphatic rings. The van der Waals surface area contributed by atoms with E-state index in [2.05, 4.69) is 10.1 Å². The minimum atomic E-state index is -0.608. The summed E-state index contributed by atoms with van der Waals surface area (Å²) in [4.78, 5) is 14.1. The second-order valence-corrected chi connectivity index (χ2v) is 3.79. The fourth-order valence-electron chi connectivity index (χ4n) is 1.52. The predicted molar refractivity (Wildman–Crippen MR) is 67.4 cm³/mol. The number of imidazole rings is 1. The summed E-state index contributed by atoms with van der Waals surface area (Å²) in [6, 6.07) is 3.13. The zero-order valence-corrected chi connectivity index (χ0v) is 9.95. The first-order chi connectivity index (χ1) is 8.97. The van der Waals surface area contributed by atoms with Gasteiger partial charge in [-0.15, -0.1) is 0 Å². The van der Waals surface area contributed by atoms with Crippen LogP contribution in [-0.2, 0) is 0 Å². The number of anilines is 1. The molecule has 1 aromatic heterocycles. The van der Waals surface area contributed by atoms with Gasteiger partial charge in [-0.1, -0.05) is 0 Å². The first kappa shape index (κ1) is 12.7. The summed E-state index contributed by atoms with van der Waals surface area (Å²) in [6.07, 6.45) is 2.72. The Bertz CT molecular complexity index is 665. The van der Waals surface area contributed by atoms with Crippen molar-refractivity contribution in [3.05, 3.63) is 51.6 Å². The number of nitrogens with two attached hydrogens (primary N) is 1. The third kappa shape index (κ3) is 2.73. The normalized spacial score (nSPS) is 11.1. The van der Waals surface area contributed by atoms with E-state index in [9.17, 15) is 14.5 Å². The molecule has 19 heavy (non-hydrogen) atoms. The van der Waals surface area contributed by atoms with Gasteiger partial charge in [0.25, 0.3) is 5.69 Å². The second kappa shape index (κ2) is 4.84. The molecule has 0 fully saturated rings. The van der Waals surface area contributed by atoms with Gasteiger partial charge in [-0.3, -0.25) is 10.1 Å². The molecule has 0 spiro atoms. The molecule has 0 radical (unpaired) electrons. The van der Waals surface area contributed by atoms with E-state index in [-0.39, 0.29) is 17.2 Å². The molecule has 0 amide bonds. The molecule has 8 heteroatoms. The fraction of sp³-hybridized carbons (Fsp3) is 0.0909. The Morgan fingerprint density at radius 2 is 2.32 bits per heavy atom. The first-order valence-corrected chi connectivity index (χ1v) is 5.27. The van der Waals surface area contributed by atoms with Crippen LogP contribution in [0.25, 0.3) is 0 Å². The Balaban J connectivity index is 2.40. The molecule has 1 aromatic carbocycles. The smallest absolute Gasteiger partial charge is 0.278 e. The Morgan fingerprint density at radius 1 is 1.58 bits per heavy atom. The lowest BCUT2D eigenvalue weighted by atomic mass is 10.2. The van der Waals surface area contributed by atoms with Crippen LogP contribution < -0.4 is 5.73 Å². The molecule has 0 aliphatic heterocycles. The number of nitro benzene ring substituents is 1. The van der Waals surface area contributed by atoms with E-state index in [0.29, 0.717) is 5.69 Å². The topological polar surface area (TPSA) is 99.3 Å². The number of hydrogen-bond acceptors (Lipinski definition) is 5. The Labute approximate surface area is 107 Å². The summed E-state index contributed by atoms with van der Waals surface area (Å²) in [6.45, 7) is 1.73.